The summed E-state index contributed by atoms with van der Waals surface area (Å²) in [5.74, 6) is -1.37. The third-order valence-electron chi connectivity index (χ3n) is 3.55. The molecule has 0 fully saturated rings. The van der Waals surface area contributed by atoms with Crippen molar-refractivity contribution in [3.63, 3.8) is 0 Å². The summed E-state index contributed by atoms with van der Waals surface area (Å²) < 4.78 is 30.9. The van der Waals surface area contributed by atoms with Gasteiger partial charge in [-0.15, -0.1) is 0 Å². The average Bonchev–Trinajstić information content (AvgIpc) is 2.45. The molecule has 1 aliphatic rings. The Morgan fingerprint density at radius 1 is 1.43 bits per heavy atom. The second kappa shape index (κ2) is 6.55. The first-order valence-corrected chi connectivity index (χ1v) is 8.53. The summed E-state index contributed by atoms with van der Waals surface area (Å²) >= 11 is 0. The number of hydrogen-bond donors (Lipinski definition) is 1. The Labute approximate surface area is 124 Å². The van der Waals surface area contributed by atoms with E-state index in [1.54, 1.807) is 6.92 Å². The molecular weight excluding hydrogens is 292 g/mol. The van der Waals surface area contributed by atoms with E-state index in [0.717, 1.165) is 11.1 Å². The van der Waals surface area contributed by atoms with Crippen LogP contribution in [0.15, 0.2) is 24.3 Å². The fourth-order valence-electron chi connectivity index (χ4n) is 2.64. The van der Waals surface area contributed by atoms with Gasteiger partial charge in [0.1, 0.15) is 0 Å². The van der Waals surface area contributed by atoms with Crippen molar-refractivity contribution in [2.45, 2.75) is 19.4 Å². The van der Waals surface area contributed by atoms with E-state index in [1.165, 1.54) is 4.31 Å². The van der Waals surface area contributed by atoms with Gasteiger partial charge >= 0.3 is 5.97 Å². The molecule has 2 rings (SSSR count). The highest BCUT2D eigenvalue weighted by Gasteiger charge is 2.35. The number of nitrogens with two attached hydrogens (primary N) is 1. The zero-order valence-electron chi connectivity index (χ0n) is 12.0. The standard InChI is InChI=1S/C14H20N2O4S/c1-2-20-14(17)10-21(18,19)16-8-7-11-5-3-4-6-12(11)13(16)9-15/h3-6,13H,2,7-10,15H2,1H3. The van der Waals surface area contributed by atoms with Crippen LogP contribution < -0.4 is 5.73 Å². The summed E-state index contributed by atoms with van der Waals surface area (Å²) in [4.78, 5) is 11.5. The summed E-state index contributed by atoms with van der Waals surface area (Å²) in [5.41, 5.74) is 7.79. The highest BCUT2D eigenvalue weighted by atomic mass is 32.2. The molecule has 1 atom stereocenters. The smallest absolute Gasteiger partial charge is 0.322 e. The maximum Gasteiger partial charge on any atom is 0.322 e. The number of sulfonamides is 1. The van der Waals surface area contributed by atoms with E-state index in [-0.39, 0.29) is 13.2 Å². The molecule has 21 heavy (non-hydrogen) atoms. The van der Waals surface area contributed by atoms with Crippen LogP contribution >= 0.6 is 0 Å². The van der Waals surface area contributed by atoms with Crippen LogP contribution in [0, 0.1) is 0 Å². The molecule has 0 aromatic heterocycles. The SMILES string of the molecule is CCOC(=O)CS(=O)(=O)N1CCc2ccccc2C1CN. The van der Waals surface area contributed by atoms with Crippen molar-refractivity contribution < 1.29 is 17.9 Å². The van der Waals surface area contributed by atoms with Crippen LogP contribution in [0.3, 0.4) is 0 Å². The first kappa shape index (κ1) is 15.9. The second-order valence-corrected chi connectivity index (χ2v) is 6.79. The molecule has 1 aliphatic heterocycles. The van der Waals surface area contributed by atoms with Crippen LogP contribution in [0.5, 0.6) is 0 Å². The number of ether oxygens (including phenoxy) is 1. The minimum Gasteiger partial charge on any atom is -0.465 e. The lowest BCUT2D eigenvalue weighted by atomic mass is 9.94. The van der Waals surface area contributed by atoms with Crippen molar-refractivity contribution >= 4 is 16.0 Å². The molecule has 1 unspecified atom stereocenters. The van der Waals surface area contributed by atoms with Gasteiger partial charge in [-0.2, -0.15) is 4.31 Å². The summed E-state index contributed by atoms with van der Waals surface area (Å²) in [6.07, 6.45) is 0.620. The number of esters is 1. The van der Waals surface area contributed by atoms with Crippen molar-refractivity contribution in [1.29, 1.82) is 0 Å². The lowest BCUT2D eigenvalue weighted by Gasteiger charge is -2.35. The molecule has 0 bridgehead atoms. The van der Waals surface area contributed by atoms with Gasteiger partial charge in [0, 0.05) is 13.1 Å². The molecule has 0 aliphatic carbocycles. The van der Waals surface area contributed by atoms with E-state index >= 15 is 0 Å². The van der Waals surface area contributed by atoms with Crippen LogP contribution in [0.4, 0.5) is 0 Å². The molecule has 0 amide bonds. The average molecular weight is 312 g/mol. The van der Waals surface area contributed by atoms with Gasteiger partial charge in [0.25, 0.3) is 0 Å². The van der Waals surface area contributed by atoms with Crippen molar-refractivity contribution in [3.05, 3.63) is 35.4 Å². The predicted octanol–water partition coefficient (Wildman–Crippen LogP) is 0.437. The van der Waals surface area contributed by atoms with Crippen molar-refractivity contribution in [3.8, 4) is 0 Å². The third kappa shape index (κ3) is 3.42. The molecule has 0 radical (unpaired) electrons. The van der Waals surface area contributed by atoms with Crippen LogP contribution in [0.25, 0.3) is 0 Å². The Balaban J connectivity index is 2.26. The molecular formula is C14H20N2O4S. The number of nitrogens with zero attached hydrogens (tertiary/aromatic N) is 1. The Hall–Kier alpha value is -1.44. The van der Waals surface area contributed by atoms with E-state index in [1.807, 2.05) is 24.3 Å². The molecule has 6 nitrogen and oxygen atoms in total. The number of carbonyl (C=O) groups excluding carboxylic acids is 1. The van der Waals surface area contributed by atoms with Gasteiger partial charge in [-0.1, -0.05) is 24.3 Å². The second-order valence-electron chi connectivity index (χ2n) is 4.87. The van der Waals surface area contributed by atoms with Crippen LogP contribution in [-0.4, -0.2) is 44.1 Å². The zero-order valence-corrected chi connectivity index (χ0v) is 12.8. The Kier molecular flexibility index (Phi) is 4.97. The Bertz CT molecular complexity index is 615. The summed E-state index contributed by atoms with van der Waals surface area (Å²) in [6, 6.07) is 7.24. The molecule has 1 aromatic carbocycles. The number of benzene rings is 1. The van der Waals surface area contributed by atoms with Crippen LogP contribution in [0.1, 0.15) is 24.1 Å². The molecule has 7 heteroatoms. The quantitative estimate of drug-likeness (QED) is 0.797. The van der Waals surface area contributed by atoms with Crippen molar-refractivity contribution in [2.24, 2.45) is 5.73 Å². The highest BCUT2D eigenvalue weighted by molar-refractivity contribution is 7.89. The van der Waals surface area contributed by atoms with E-state index in [9.17, 15) is 13.2 Å². The summed E-state index contributed by atoms with van der Waals surface area (Å²) in [6.45, 7) is 2.32. The number of carbonyl (C=O) groups is 1. The minimum atomic E-state index is -3.73. The van der Waals surface area contributed by atoms with Gasteiger partial charge in [-0.25, -0.2) is 8.42 Å². The van der Waals surface area contributed by atoms with Crippen molar-refractivity contribution in [2.75, 3.05) is 25.4 Å². The molecule has 0 saturated carbocycles. The third-order valence-corrected chi connectivity index (χ3v) is 5.30. The Morgan fingerprint density at radius 3 is 2.81 bits per heavy atom. The van der Waals surface area contributed by atoms with Crippen molar-refractivity contribution in [1.82, 2.24) is 4.31 Å². The first-order valence-electron chi connectivity index (χ1n) is 6.92. The zero-order chi connectivity index (χ0) is 15.5. The maximum atomic E-state index is 12.4. The first-order chi connectivity index (χ1) is 9.99. The van der Waals surface area contributed by atoms with Gasteiger partial charge in [0.15, 0.2) is 5.75 Å². The van der Waals surface area contributed by atoms with Gasteiger partial charge in [-0.3, -0.25) is 4.79 Å². The summed E-state index contributed by atoms with van der Waals surface area (Å²) in [5, 5.41) is 0. The van der Waals surface area contributed by atoms with E-state index in [0.29, 0.717) is 13.0 Å². The van der Waals surface area contributed by atoms with E-state index < -0.39 is 27.8 Å². The Morgan fingerprint density at radius 2 is 2.14 bits per heavy atom. The molecule has 116 valence electrons. The number of hydrogen-bond acceptors (Lipinski definition) is 5. The van der Waals surface area contributed by atoms with Gasteiger partial charge < -0.3 is 10.5 Å². The molecule has 0 saturated heterocycles. The normalized spacial score (nSPS) is 19.0. The van der Waals surface area contributed by atoms with Gasteiger partial charge in [-0.05, 0) is 24.5 Å². The monoisotopic (exact) mass is 312 g/mol. The lowest BCUT2D eigenvalue weighted by molar-refractivity contribution is -0.140. The van der Waals surface area contributed by atoms with Crippen LogP contribution in [-0.2, 0) is 26.0 Å². The number of rotatable bonds is 5. The minimum absolute atomic E-state index is 0.164. The molecule has 1 heterocycles. The highest BCUT2D eigenvalue weighted by Crippen LogP contribution is 2.31. The predicted molar refractivity (Wildman–Crippen MR) is 79.1 cm³/mol. The maximum absolute atomic E-state index is 12.4. The van der Waals surface area contributed by atoms with Crippen LogP contribution in [0.2, 0.25) is 0 Å². The van der Waals surface area contributed by atoms with Gasteiger partial charge in [0.2, 0.25) is 10.0 Å². The lowest BCUT2D eigenvalue weighted by Crippen LogP contribution is -2.45. The van der Waals surface area contributed by atoms with E-state index in [4.69, 9.17) is 10.5 Å². The topological polar surface area (TPSA) is 89.7 Å². The number of fused-ring (bicyclic) bond motifs is 1. The van der Waals surface area contributed by atoms with E-state index in [2.05, 4.69) is 0 Å². The fraction of sp³-hybridized carbons (Fsp3) is 0.500. The fourth-order valence-corrected chi connectivity index (χ4v) is 4.14. The molecule has 2 N–H and O–H groups in total. The van der Waals surface area contributed by atoms with Gasteiger partial charge in [0.05, 0.1) is 12.6 Å². The molecule has 1 aromatic rings. The summed E-state index contributed by atoms with van der Waals surface area (Å²) in [7, 11) is -3.73. The largest absolute Gasteiger partial charge is 0.465 e. The molecule has 0 spiro atoms.